The maximum atomic E-state index is 13.4. The van der Waals surface area contributed by atoms with Crippen LogP contribution in [0.1, 0.15) is 22.5 Å². The minimum Gasteiger partial charge on any atom is -0.264 e. The Balaban J connectivity index is 1.35. The highest BCUT2D eigenvalue weighted by molar-refractivity contribution is 7.95. The Morgan fingerprint density at radius 1 is 0.844 bits per heavy atom. The summed E-state index contributed by atoms with van der Waals surface area (Å²) >= 11 is 0. The SMILES string of the molecule is O=S1C(c2cccc3cnccc23)=Cc2c1cnnc2CCc1ccc2ccccc2n1. The van der Waals surface area contributed by atoms with Gasteiger partial charge >= 0.3 is 0 Å². The van der Waals surface area contributed by atoms with Crippen molar-refractivity contribution in [1.82, 2.24) is 20.2 Å². The highest BCUT2D eigenvalue weighted by atomic mass is 32.2. The topological polar surface area (TPSA) is 68.6 Å². The standard InChI is InChI=1S/C26H18N4OS/c31-32-25(21-6-3-5-18-15-27-13-12-20(18)21)14-22-24(30-28-16-26(22)32)11-10-19-9-8-17-4-1-2-7-23(17)29-19/h1-9,12-16H,10-11H2. The highest BCUT2D eigenvalue weighted by Gasteiger charge is 2.26. The summed E-state index contributed by atoms with van der Waals surface area (Å²) in [5.41, 5.74) is 4.72. The van der Waals surface area contributed by atoms with Gasteiger partial charge in [0.2, 0.25) is 0 Å². The first-order valence-corrected chi connectivity index (χ1v) is 11.6. The van der Waals surface area contributed by atoms with E-state index in [0.29, 0.717) is 6.42 Å². The Morgan fingerprint density at radius 2 is 1.75 bits per heavy atom. The molecule has 0 bridgehead atoms. The summed E-state index contributed by atoms with van der Waals surface area (Å²) in [4.78, 5) is 10.5. The van der Waals surface area contributed by atoms with Crippen LogP contribution >= 0.6 is 0 Å². The lowest BCUT2D eigenvalue weighted by molar-refractivity contribution is 0.688. The minimum atomic E-state index is -1.30. The molecular weight excluding hydrogens is 416 g/mol. The van der Waals surface area contributed by atoms with Gasteiger partial charge in [0.25, 0.3) is 0 Å². The van der Waals surface area contributed by atoms with Crippen molar-refractivity contribution in [3.8, 4) is 0 Å². The molecule has 1 aliphatic rings. The van der Waals surface area contributed by atoms with Crippen LogP contribution in [-0.2, 0) is 23.6 Å². The van der Waals surface area contributed by atoms with Crippen LogP contribution < -0.4 is 0 Å². The van der Waals surface area contributed by atoms with Crippen LogP contribution in [0.5, 0.6) is 0 Å². The third kappa shape index (κ3) is 3.20. The molecule has 0 saturated heterocycles. The molecule has 1 atom stereocenters. The monoisotopic (exact) mass is 434 g/mol. The quantitative estimate of drug-likeness (QED) is 0.399. The lowest BCUT2D eigenvalue weighted by Gasteiger charge is -2.06. The molecule has 154 valence electrons. The van der Waals surface area contributed by atoms with Crippen molar-refractivity contribution in [3.63, 3.8) is 0 Å². The van der Waals surface area contributed by atoms with Gasteiger partial charge in [-0.2, -0.15) is 10.2 Å². The molecule has 0 aliphatic carbocycles. The Hall–Kier alpha value is -3.77. The molecule has 6 rings (SSSR count). The second kappa shape index (κ2) is 7.73. The Morgan fingerprint density at radius 3 is 2.72 bits per heavy atom. The summed E-state index contributed by atoms with van der Waals surface area (Å²) in [6.45, 7) is 0. The van der Waals surface area contributed by atoms with E-state index in [1.165, 1.54) is 0 Å². The minimum absolute atomic E-state index is 0.682. The van der Waals surface area contributed by atoms with Crippen LogP contribution in [-0.4, -0.2) is 24.4 Å². The van der Waals surface area contributed by atoms with E-state index in [1.54, 1.807) is 12.4 Å². The molecular formula is C26H18N4OS. The molecule has 5 aromatic rings. The summed E-state index contributed by atoms with van der Waals surface area (Å²) in [7, 11) is -1.30. The van der Waals surface area contributed by atoms with Crippen molar-refractivity contribution in [3.05, 3.63) is 102 Å². The predicted octanol–water partition coefficient (Wildman–Crippen LogP) is 4.98. The van der Waals surface area contributed by atoms with E-state index in [9.17, 15) is 4.21 Å². The van der Waals surface area contributed by atoms with Crippen LogP contribution in [0, 0.1) is 0 Å². The third-order valence-electron chi connectivity index (χ3n) is 5.82. The number of hydrogen-bond acceptors (Lipinski definition) is 5. The van der Waals surface area contributed by atoms with Crippen LogP contribution in [0.4, 0.5) is 0 Å². The number of pyridine rings is 2. The number of aryl methyl sites for hydroxylation is 2. The number of benzene rings is 2. The lowest BCUT2D eigenvalue weighted by atomic mass is 10.0. The molecule has 1 unspecified atom stereocenters. The molecule has 32 heavy (non-hydrogen) atoms. The molecule has 0 fully saturated rings. The number of fused-ring (bicyclic) bond motifs is 3. The van der Waals surface area contributed by atoms with Gasteiger partial charge in [-0.15, -0.1) is 0 Å². The Kier molecular flexibility index (Phi) is 4.58. The maximum absolute atomic E-state index is 13.4. The summed E-state index contributed by atoms with van der Waals surface area (Å²) in [6.07, 6.45) is 8.66. The van der Waals surface area contributed by atoms with E-state index in [0.717, 1.165) is 60.4 Å². The van der Waals surface area contributed by atoms with E-state index in [4.69, 9.17) is 4.98 Å². The van der Waals surface area contributed by atoms with Crippen LogP contribution in [0.2, 0.25) is 0 Å². The van der Waals surface area contributed by atoms with Gasteiger partial charge in [0, 0.05) is 34.4 Å². The van der Waals surface area contributed by atoms with Crippen LogP contribution in [0.15, 0.2) is 84.1 Å². The molecule has 5 nitrogen and oxygen atoms in total. The number of aromatic nitrogens is 4. The van der Waals surface area contributed by atoms with Gasteiger partial charge in [-0.1, -0.05) is 42.5 Å². The fraction of sp³-hybridized carbons (Fsp3) is 0.0769. The number of para-hydroxylation sites is 1. The predicted molar refractivity (Wildman–Crippen MR) is 127 cm³/mol. The average Bonchev–Trinajstić information content (AvgIpc) is 3.19. The van der Waals surface area contributed by atoms with Gasteiger partial charge in [-0.3, -0.25) is 9.97 Å². The fourth-order valence-corrected chi connectivity index (χ4v) is 5.57. The largest absolute Gasteiger partial charge is 0.264 e. The third-order valence-corrected chi connectivity index (χ3v) is 7.29. The highest BCUT2D eigenvalue weighted by Crippen LogP contribution is 2.38. The van der Waals surface area contributed by atoms with Gasteiger partial charge in [-0.05, 0) is 48.1 Å². The van der Waals surface area contributed by atoms with Gasteiger partial charge in [0.05, 0.1) is 38.0 Å². The summed E-state index contributed by atoms with van der Waals surface area (Å²) in [5.74, 6) is 0. The second-order valence-corrected chi connectivity index (χ2v) is 9.16. The number of nitrogens with zero attached hydrogens (tertiary/aromatic N) is 4. The van der Waals surface area contributed by atoms with Crippen molar-refractivity contribution in [2.45, 2.75) is 17.7 Å². The van der Waals surface area contributed by atoms with Gasteiger partial charge in [0.1, 0.15) is 0 Å². The molecule has 0 spiro atoms. The van der Waals surface area contributed by atoms with Crippen molar-refractivity contribution in [1.29, 1.82) is 0 Å². The Labute approximate surface area is 187 Å². The van der Waals surface area contributed by atoms with Crippen LogP contribution in [0.25, 0.3) is 32.7 Å². The normalized spacial score (nSPS) is 15.1. The van der Waals surface area contributed by atoms with E-state index >= 15 is 0 Å². The molecule has 6 heteroatoms. The molecule has 4 heterocycles. The smallest absolute Gasteiger partial charge is 0.0879 e. The van der Waals surface area contributed by atoms with E-state index < -0.39 is 10.8 Å². The van der Waals surface area contributed by atoms with Gasteiger partial charge < -0.3 is 0 Å². The molecule has 0 N–H and O–H groups in total. The van der Waals surface area contributed by atoms with Crippen LogP contribution in [0.3, 0.4) is 0 Å². The first-order valence-electron chi connectivity index (χ1n) is 10.4. The van der Waals surface area contributed by atoms with E-state index in [1.807, 2.05) is 54.7 Å². The second-order valence-electron chi connectivity index (χ2n) is 7.74. The zero-order valence-corrected chi connectivity index (χ0v) is 17.9. The van der Waals surface area contributed by atoms with Crippen molar-refractivity contribution < 1.29 is 4.21 Å². The molecule has 2 aromatic carbocycles. The van der Waals surface area contributed by atoms with Crippen molar-refractivity contribution in [2.75, 3.05) is 0 Å². The van der Waals surface area contributed by atoms with Gasteiger partial charge in [0.15, 0.2) is 0 Å². The number of rotatable bonds is 4. The summed E-state index contributed by atoms with van der Waals surface area (Å²) in [5, 5.41) is 11.7. The van der Waals surface area contributed by atoms with Gasteiger partial charge in [-0.25, -0.2) is 4.21 Å². The maximum Gasteiger partial charge on any atom is 0.0879 e. The molecule has 1 aliphatic heterocycles. The van der Waals surface area contributed by atoms with Crippen molar-refractivity contribution >= 4 is 43.5 Å². The van der Waals surface area contributed by atoms with E-state index in [2.05, 4.69) is 33.4 Å². The summed E-state index contributed by atoms with van der Waals surface area (Å²) < 4.78 is 13.4. The molecule has 0 amide bonds. The zero-order chi connectivity index (χ0) is 21.5. The molecule has 0 saturated carbocycles. The first kappa shape index (κ1) is 19.0. The van der Waals surface area contributed by atoms with Crippen molar-refractivity contribution in [2.24, 2.45) is 0 Å². The average molecular weight is 435 g/mol. The number of hydrogen-bond donors (Lipinski definition) is 0. The molecule has 3 aromatic heterocycles. The zero-order valence-electron chi connectivity index (χ0n) is 17.1. The fourth-order valence-electron chi connectivity index (χ4n) is 4.22. The van der Waals surface area contributed by atoms with E-state index in [-0.39, 0.29) is 0 Å². The summed E-state index contributed by atoms with van der Waals surface area (Å²) in [6, 6.07) is 20.2. The molecule has 0 radical (unpaired) electrons. The Bertz CT molecular complexity index is 1560. The lowest BCUT2D eigenvalue weighted by Crippen LogP contribution is -2.02. The first-order chi connectivity index (χ1) is 15.8.